The van der Waals surface area contributed by atoms with Gasteiger partial charge in [-0.1, -0.05) is 18.2 Å². The molecule has 0 spiro atoms. The van der Waals surface area contributed by atoms with E-state index in [2.05, 4.69) is 11.1 Å². The van der Waals surface area contributed by atoms with Crippen LogP contribution in [0.1, 0.15) is 21.4 Å². The Hall–Kier alpha value is -2.45. The number of carbonyl (C=O) groups is 1. The van der Waals surface area contributed by atoms with Gasteiger partial charge in [0.05, 0.1) is 22.0 Å². The number of para-hydroxylation sites is 2. The molecular weight excluding hydrogens is 270 g/mol. The number of carbonyl (C=O) groups excluding carboxylic acids is 1. The number of hydrogen-bond donors (Lipinski definition) is 0. The Kier molecular flexibility index (Phi) is 3.09. The summed E-state index contributed by atoms with van der Waals surface area (Å²) in [5.74, 6) is -0.570. The summed E-state index contributed by atoms with van der Waals surface area (Å²) in [6.07, 6.45) is 0. The van der Waals surface area contributed by atoms with E-state index in [4.69, 9.17) is 0 Å². The standard InChI is InChI=1S/C15H11N3OS/c1-18-12-6-3-2-5-11(12)17-15(18)10(9-16)14(19)13-7-4-8-20-13/h2-8,10H,1H3/t10-/m0/s1. The normalized spacial score (nSPS) is 12.2. The first kappa shape index (κ1) is 12.6. The van der Waals surface area contributed by atoms with Gasteiger partial charge in [-0.2, -0.15) is 5.26 Å². The molecule has 0 N–H and O–H groups in total. The summed E-state index contributed by atoms with van der Waals surface area (Å²) in [4.78, 5) is 17.4. The van der Waals surface area contributed by atoms with Crippen molar-refractivity contribution >= 4 is 28.2 Å². The number of thiophene rings is 1. The van der Waals surface area contributed by atoms with Crippen molar-refractivity contribution in [2.75, 3.05) is 0 Å². The third-order valence-corrected chi connectivity index (χ3v) is 4.12. The Labute approximate surface area is 119 Å². The zero-order chi connectivity index (χ0) is 14.1. The zero-order valence-electron chi connectivity index (χ0n) is 10.8. The van der Waals surface area contributed by atoms with Crippen LogP contribution in [0.4, 0.5) is 0 Å². The van der Waals surface area contributed by atoms with Crippen molar-refractivity contribution in [3.05, 3.63) is 52.5 Å². The first-order valence-corrected chi connectivity index (χ1v) is 6.99. The highest BCUT2D eigenvalue weighted by Crippen LogP contribution is 2.25. The van der Waals surface area contributed by atoms with E-state index in [1.165, 1.54) is 11.3 Å². The molecule has 4 nitrogen and oxygen atoms in total. The summed E-state index contributed by atoms with van der Waals surface area (Å²) in [5.41, 5.74) is 1.71. The molecule has 20 heavy (non-hydrogen) atoms. The van der Waals surface area contributed by atoms with Crippen LogP contribution in [0.15, 0.2) is 41.8 Å². The number of aryl methyl sites for hydroxylation is 1. The number of rotatable bonds is 3. The summed E-state index contributed by atoms with van der Waals surface area (Å²) >= 11 is 1.34. The van der Waals surface area contributed by atoms with Crippen LogP contribution in [0.5, 0.6) is 0 Å². The van der Waals surface area contributed by atoms with Gasteiger partial charge in [-0.15, -0.1) is 11.3 Å². The molecule has 0 unspecified atom stereocenters. The second-order valence-electron chi connectivity index (χ2n) is 4.42. The summed E-state index contributed by atoms with van der Waals surface area (Å²) in [7, 11) is 1.83. The van der Waals surface area contributed by atoms with Gasteiger partial charge in [-0.05, 0) is 23.6 Å². The number of imidazole rings is 1. The number of ketones is 1. The highest BCUT2D eigenvalue weighted by atomic mass is 32.1. The number of Topliss-reactive ketones (excluding diaryl/α,β-unsaturated/α-hetero) is 1. The number of nitriles is 1. The van der Waals surface area contributed by atoms with Gasteiger partial charge in [0.1, 0.15) is 5.82 Å². The van der Waals surface area contributed by atoms with E-state index in [1.807, 2.05) is 41.3 Å². The van der Waals surface area contributed by atoms with Crippen LogP contribution in [0.2, 0.25) is 0 Å². The molecule has 2 heterocycles. The molecule has 0 saturated heterocycles. The average Bonchev–Trinajstić information content (AvgIpc) is 3.09. The number of benzene rings is 1. The van der Waals surface area contributed by atoms with Gasteiger partial charge in [0.15, 0.2) is 11.7 Å². The Bertz CT molecular complexity index is 811. The maximum atomic E-state index is 12.4. The van der Waals surface area contributed by atoms with Gasteiger partial charge >= 0.3 is 0 Å². The smallest absolute Gasteiger partial charge is 0.197 e. The lowest BCUT2D eigenvalue weighted by Crippen LogP contribution is -2.14. The van der Waals surface area contributed by atoms with Gasteiger partial charge in [0.2, 0.25) is 0 Å². The third kappa shape index (κ3) is 1.91. The largest absolute Gasteiger partial charge is 0.330 e. The monoisotopic (exact) mass is 281 g/mol. The summed E-state index contributed by atoms with van der Waals surface area (Å²) < 4.78 is 1.81. The molecule has 0 aliphatic heterocycles. The fraction of sp³-hybridized carbons (Fsp3) is 0.133. The molecule has 3 rings (SSSR count). The van der Waals surface area contributed by atoms with E-state index in [0.717, 1.165) is 11.0 Å². The van der Waals surface area contributed by atoms with Gasteiger partial charge in [0.25, 0.3) is 0 Å². The second-order valence-corrected chi connectivity index (χ2v) is 5.37. The molecule has 0 fully saturated rings. The Morgan fingerprint density at radius 2 is 2.15 bits per heavy atom. The van der Waals surface area contributed by atoms with Gasteiger partial charge < -0.3 is 4.57 Å². The molecule has 0 saturated carbocycles. The molecule has 2 aromatic heterocycles. The predicted octanol–water partition coefficient (Wildman–Crippen LogP) is 3.12. The number of hydrogen-bond acceptors (Lipinski definition) is 4. The van der Waals surface area contributed by atoms with Crippen LogP contribution < -0.4 is 0 Å². The van der Waals surface area contributed by atoms with Crippen molar-refractivity contribution in [3.8, 4) is 6.07 Å². The molecule has 5 heteroatoms. The Morgan fingerprint density at radius 3 is 2.80 bits per heavy atom. The van der Waals surface area contributed by atoms with Crippen LogP contribution in [0.25, 0.3) is 11.0 Å². The van der Waals surface area contributed by atoms with Gasteiger partial charge in [0, 0.05) is 7.05 Å². The van der Waals surface area contributed by atoms with E-state index in [-0.39, 0.29) is 5.78 Å². The van der Waals surface area contributed by atoms with E-state index >= 15 is 0 Å². The highest BCUT2D eigenvalue weighted by Gasteiger charge is 2.27. The number of aromatic nitrogens is 2. The molecule has 0 aliphatic carbocycles. The maximum Gasteiger partial charge on any atom is 0.197 e. The second kappa shape index (κ2) is 4.91. The average molecular weight is 281 g/mol. The van der Waals surface area contributed by atoms with Crippen molar-refractivity contribution in [2.45, 2.75) is 5.92 Å². The molecule has 98 valence electrons. The third-order valence-electron chi connectivity index (χ3n) is 3.24. The van der Waals surface area contributed by atoms with Crippen molar-refractivity contribution in [2.24, 2.45) is 7.05 Å². The lowest BCUT2D eigenvalue weighted by Gasteiger charge is -2.07. The molecule has 0 radical (unpaired) electrons. The summed E-state index contributed by atoms with van der Waals surface area (Å²) in [5, 5.41) is 11.2. The van der Waals surface area contributed by atoms with E-state index < -0.39 is 5.92 Å². The minimum Gasteiger partial charge on any atom is -0.330 e. The molecular formula is C15H11N3OS. The summed E-state index contributed by atoms with van der Waals surface area (Å²) in [6.45, 7) is 0. The fourth-order valence-corrected chi connectivity index (χ4v) is 2.91. The number of nitrogens with zero attached hydrogens (tertiary/aromatic N) is 3. The van der Waals surface area contributed by atoms with Crippen LogP contribution in [-0.2, 0) is 7.05 Å². The van der Waals surface area contributed by atoms with E-state index in [1.54, 1.807) is 12.1 Å². The predicted molar refractivity (Wildman–Crippen MR) is 77.7 cm³/mol. The quantitative estimate of drug-likeness (QED) is 0.693. The maximum absolute atomic E-state index is 12.4. The molecule has 3 aromatic rings. The SMILES string of the molecule is Cn1c([C@@H](C#N)C(=O)c2cccs2)nc2ccccc21. The van der Waals surface area contributed by atoms with Gasteiger partial charge in [-0.3, -0.25) is 4.79 Å². The molecule has 0 bridgehead atoms. The van der Waals surface area contributed by atoms with Crippen molar-refractivity contribution in [1.29, 1.82) is 5.26 Å². The zero-order valence-corrected chi connectivity index (χ0v) is 11.6. The number of fused-ring (bicyclic) bond motifs is 1. The van der Waals surface area contributed by atoms with Crippen molar-refractivity contribution in [3.63, 3.8) is 0 Å². The van der Waals surface area contributed by atoms with Crippen LogP contribution in [0, 0.1) is 11.3 Å². The Morgan fingerprint density at radius 1 is 1.35 bits per heavy atom. The van der Waals surface area contributed by atoms with Crippen LogP contribution >= 0.6 is 11.3 Å². The van der Waals surface area contributed by atoms with E-state index in [9.17, 15) is 10.1 Å². The molecule has 1 atom stereocenters. The first-order chi connectivity index (χ1) is 9.72. The minimum absolute atomic E-state index is 0.194. The Balaban J connectivity index is 2.11. The van der Waals surface area contributed by atoms with Gasteiger partial charge in [-0.25, -0.2) is 4.98 Å². The lowest BCUT2D eigenvalue weighted by atomic mass is 10.0. The topological polar surface area (TPSA) is 58.7 Å². The fourth-order valence-electron chi connectivity index (χ4n) is 2.22. The van der Waals surface area contributed by atoms with E-state index in [0.29, 0.717) is 10.7 Å². The lowest BCUT2D eigenvalue weighted by molar-refractivity contribution is 0.0979. The molecule has 0 aliphatic rings. The summed E-state index contributed by atoms with van der Waals surface area (Å²) in [6, 6.07) is 13.2. The molecule has 1 aromatic carbocycles. The van der Waals surface area contributed by atoms with Crippen LogP contribution in [0.3, 0.4) is 0 Å². The van der Waals surface area contributed by atoms with Crippen LogP contribution in [-0.4, -0.2) is 15.3 Å². The van der Waals surface area contributed by atoms with Crippen molar-refractivity contribution in [1.82, 2.24) is 9.55 Å². The first-order valence-electron chi connectivity index (χ1n) is 6.11. The molecule has 0 amide bonds. The minimum atomic E-state index is -0.869. The highest BCUT2D eigenvalue weighted by molar-refractivity contribution is 7.12. The van der Waals surface area contributed by atoms with Crippen molar-refractivity contribution < 1.29 is 4.79 Å².